The summed E-state index contributed by atoms with van der Waals surface area (Å²) in [4.78, 5) is 6.57. The third-order valence-corrected chi connectivity index (χ3v) is 2.23. The second-order valence-corrected chi connectivity index (χ2v) is 3.14. The van der Waals surface area contributed by atoms with E-state index in [1.165, 1.54) is 0 Å². The summed E-state index contributed by atoms with van der Waals surface area (Å²) >= 11 is 0. The number of nitrogens with one attached hydrogen (secondary N) is 1. The molecule has 3 nitrogen and oxygen atoms in total. The van der Waals surface area contributed by atoms with E-state index in [1.54, 1.807) is 0 Å². The fraction of sp³-hybridized carbons (Fsp3) is 0.417. The molecule has 0 saturated heterocycles. The molecule has 1 aromatic heterocycles. The van der Waals surface area contributed by atoms with Crippen LogP contribution < -0.4 is 10.2 Å². The van der Waals surface area contributed by atoms with Crippen molar-refractivity contribution in [3.63, 3.8) is 0 Å². The number of aromatic nitrogens is 1. The van der Waals surface area contributed by atoms with E-state index in [0.717, 1.165) is 24.6 Å². The highest BCUT2D eigenvalue weighted by Gasteiger charge is 2.01. The van der Waals surface area contributed by atoms with Gasteiger partial charge in [0.25, 0.3) is 0 Å². The van der Waals surface area contributed by atoms with Crippen LogP contribution in [0.25, 0.3) is 0 Å². The summed E-state index contributed by atoms with van der Waals surface area (Å²) in [6, 6.07) is 4.00. The van der Waals surface area contributed by atoms with Crippen molar-refractivity contribution in [1.82, 2.24) is 4.98 Å². The van der Waals surface area contributed by atoms with Crippen molar-refractivity contribution in [2.75, 3.05) is 29.9 Å². The van der Waals surface area contributed by atoms with Crippen molar-refractivity contribution in [3.05, 3.63) is 18.3 Å². The Bertz CT molecular complexity index is 320. The van der Waals surface area contributed by atoms with Crippen LogP contribution >= 0.6 is 0 Å². The quantitative estimate of drug-likeness (QED) is 0.742. The van der Waals surface area contributed by atoms with Crippen molar-refractivity contribution in [1.29, 1.82) is 0 Å². The zero-order chi connectivity index (χ0) is 11.1. The van der Waals surface area contributed by atoms with Gasteiger partial charge in [-0.3, -0.25) is 0 Å². The number of anilines is 2. The molecule has 0 aliphatic rings. The number of hydrogen-bond acceptors (Lipinski definition) is 3. The lowest BCUT2D eigenvalue weighted by Gasteiger charge is -2.19. The van der Waals surface area contributed by atoms with E-state index in [9.17, 15) is 0 Å². The minimum absolute atomic E-state index is 0.534. The molecule has 1 N–H and O–H groups in total. The smallest absolute Gasteiger partial charge is 0.128 e. The molecular formula is C12H17N3. The van der Waals surface area contributed by atoms with Gasteiger partial charge >= 0.3 is 0 Å². The molecule has 0 atom stereocenters. The Morgan fingerprint density at radius 2 is 2.13 bits per heavy atom. The molecule has 0 aromatic carbocycles. The predicted molar refractivity (Wildman–Crippen MR) is 65.1 cm³/mol. The van der Waals surface area contributed by atoms with Crippen molar-refractivity contribution in [2.24, 2.45) is 0 Å². The first-order valence-corrected chi connectivity index (χ1v) is 5.20. The zero-order valence-corrected chi connectivity index (χ0v) is 9.33. The average molecular weight is 203 g/mol. The number of nitrogens with zero attached hydrogens (tertiary/aromatic N) is 2. The van der Waals surface area contributed by atoms with E-state index >= 15 is 0 Å². The van der Waals surface area contributed by atoms with Gasteiger partial charge in [0, 0.05) is 13.1 Å². The predicted octanol–water partition coefficient (Wildman–Crippen LogP) is 1.97. The topological polar surface area (TPSA) is 28.2 Å². The van der Waals surface area contributed by atoms with E-state index in [4.69, 9.17) is 6.42 Å². The first-order chi connectivity index (χ1) is 7.31. The van der Waals surface area contributed by atoms with Gasteiger partial charge in [0.15, 0.2) is 0 Å². The van der Waals surface area contributed by atoms with Crippen LogP contribution in [0.4, 0.5) is 11.5 Å². The summed E-state index contributed by atoms with van der Waals surface area (Å²) in [5.74, 6) is 3.53. The van der Waals surface area contributed by atoms with Gasteiger partial charge in [-0.25, -0.2) is 4.98 Å². The van der Waals surface area contributed by atoms with Crippen molar-refractivity contribution in [3.8, 4) is 12.3 Å². The second-order valence-electron chi connectivity index (χ2n) is 3.14. The number of terminal acetylenes is 1. The highest BCUT2D eigenvalue weighted by molar-refractivity contribution is 5.48. The summed E-state index contributed by atoms with van der Waals surface area (Å²) in [6.45, 7) is 6.72. The minimum Gasteiger partial charge on any atom is -0.373 e. The molecule has 1 rings (SSSR count). The molecule has 0 aliphatic carbocycles. The summed E-state index contributed by atoms with van der Waals surface area (Å²) in [5.41, 5.74) is 0.962. The van der Waals surface area contributed by atoms with Crippen LogP contribution in [0.1, 0.15) is 13.8 Å². The highest BCUT2D eigenvalue weighted by Crippen LogP contribution is 2.13. The molecule has 3 heteroatoms. The molecule has 0 aliphatic heterocycles. The Kier molecular flexibility index (Phi) is 4.49. The maximum Gasteiger partial charge on any atom is 0.128 e. The van der Waals surface area contributed by atoms with Gasteiger partial charge in [-0.05, 0) is 26.0 Å². The van der Waals surface area contributed by atoms with Crippen LogP contribution in [0.2, 0.25) is 0 Å². The molecule has 0 radical (unpaired) electrons. The fourth-order valence-corrected chi connectivity index (χ4v) is 1.38. The van der Waals surface area contributed by atoms with E-state index in [2.05, 4.69) is 35.0 Å². The molecule has 0 unspecified atom stereocenters. The molecule has 1 aromatic rings. The molecule has 15 heavy (non-hydrogen) atoms. The van der Waals surface area contributed by atoms with Crippen molar-refractivity contribution in [2.45, 2.75) is 13.8 Å². The van der Waals surface area contributed by atoms with Crippen LogP contribution in [0, 0.1) is 12.3 Å². The van der Waals surface area contributed by atoms with Crippen molar-refractivity contribution >= 4 is 11.5 Å². The first kappa shape index (κ1) is 11.4. The maximum absolute atomic E-state index is 5.16. The lowest BCUT2D eigenvalue weighted by atomic mass is 10.3. The fourth-order valence-electron chi connectivity index (χ4n) is 1.38. The Labute approximate surface area is 91.5 Å². The molecule has 0 bridgehead atoms. The van der Waals surface area contributed by atoms with Gasteiger partial charge < -0.3 is 10.2 Å². The van der Waals surface area contributed by atoms with E-state index in [0.29, 0.717) is 6.54 Å². The monoisotopic (exact) mass is 203 g/mol. The third kappa shape index (κ3) is 3.17. The molecule has 0 amide bonds. The largest absolute Gasteiger partial charge is 0.373 e. The van der Waals surface area contributed by atoms with E-state index < -0.39 is 0 Å². The second kappa shape index (κ2) is 5.92. The van der Waals surface area contributed by atoms with Gasteiger partial charge in [-0.1, -0.05) is 5.92 Å². The summed E-state index contributed by atoms with van der Waals surface area (Å²) in [7, 11) is 0. The van der Waals surface area contributed by atoms with Crippen LogP contribution in [-0.2, 0) is 0 Å². The van der Waals surface area contributed by atoms with Gasteiger partial charge in [-0.15, -0.1) is 6.42 Å². The van der Waals surface area contributed by atoms with Gasteiger partial charge in [0.1, 0.15) is 5.82 Å². The van der Waals surface area contributed by atoms with Crippen LogP contribution in [-0.4, -0.2) is 24.6 Å². The molecule has 80 valence electrons. The lowest BCUT2D eigenvalue weighted by molar-refractivity contribution is 0.846. The Balaban J connectivity index is 2.67. The van der Waals surface area contributed by atoms with Crippen LogP contribution in [0.3, 0.4) is 0 Å². The standard InChI is InChI=1S/C12H17N3/c1-4-9-13-11-7-8-12(14-10-11)15(5-2)6-3/h1,7-8,10,13H,5-6,9H2,2-3H3. The van der Waals surface area contributed by atoms with Crippen molar-refractivity contribution < 1.29 is 0 Å². The molecule has 0 fully saturated rings. The first-order valence-electron chi connectivity index (χ1n) is 5.20. The molecule has 0 saturated carbocycles. The van der Waals surface area contributed by atoms with Crippen LogP contribution in [0.5, 0.6) is 0 Å². The van der Waals surface area contributed by atoms with E-state index in [-0.39, 0.29) is 0 Å². The van der Waals surface area contributed by atoms with Gasteiger partial charge in [0.2, 0.25) is 0 Å². The summed E-state index contributed by atoms with van der Waals surface area (Å²) < 4.78 is 0. The number of pyridine rings is 1. The average Bonchev–Trinajstić information content (AvgIpc) is 2.29. The van der Waals surface area contributed by atoms with Gasteiger partial charge in [-0.2, -0.15) is 0 Å². The minimum atomic E-state index is 0.534. The highest BCUT2D eigenvalue weighted by atomic mass is 15.2. The number of hydrogen-bond donors (Lipinski definition) is 1. The Morgan fingerprint density at radius 1 is 1.40 bits per heavy atom. The summed E-state index contributed by atoms with van der Waals surface area (Å²) in [6.07, 6.45) is 6.97. The molecule has 0 spiro atoms. The van der Waals surface area contributed by atoms with E-state index in [1.807, 2.05) is 18.3 Å². The number of rotatable bonds is 5. The summed E-state index contributed by atoms with van der Waals surface area (Å²) in [5, 5.41) is 3.08. The molecule has 1 heterocycles. The third-order valence-electron chi connectivity index (χ3n) is 2.23. The maximum atomic E-state index is 5.16. The Hall–Kier alpha value is -1.69. The Morgan fingerprint density at radius 3 is 2.60 bits per heavy atom. The zero-order valence-electron chi connectivity index (χ0n) is 9.33. The lowest BCUT2D eigenvalue weighted by Crippen LogP contribution is -2.22. The van der Waals surface area contributed by atoms with Crippen LogP contribution in [0.15, 0.2) is 18.3 Å². The molecular weight excluding hydrogens is 186 g/mol. The van der Waals surface area contributed by atoms with Gasteiger partial charge in [0.05, 0.1) is 18.4 Å². The normalized spacial score (nSPS) is 9.40. The SMILES string of the molecule is C#CCNc1ccc(N(CC)CC)nc1.